The quantitative estimate of drug-likeness (QED) is 0.316. The zero-order valence-corrected chi connectivity index (χ0v) is 13.3. The lowest BCUT2D eigenvalue weighted by Crippen LogP contribution is -1.93. The van der Waals surface area contributed by atoms with Crippen molar-refractivity contribution in [1.29, 1.82) is 0 Å². The number of ether oxygens (including phenoxy) is 1. The third-order valence-corrected chi connectivity index (χ3v) is 4.11. The minimum atomic E-state index is -0.414. The number of methoxy groups -OCH3 is 1. The van der Waals surface area contributed by atoms with E-state index in [4.69, 9.17) is 9.72 Å². The van der Waals surface area contributed by atoms with Gasteiger partial charge >= 0.3 is 0 Å². The lowest BCUT2D eigenvalue weighted by atomic mass is 10.0. The molecule has 2 aromatic heterocycles. The molecule has 0 saturated carbocycles. The molecule has 6 heteroatoms. The number of nitro groups is 1. The van der Waals surface area contributed by atoms with Crippen molar-refractivity contribution in [2.24, 2.45) is 0 Å². The molecule has 25 heavy (non-hydrogen) atoms. The number of fused-ring (bicyclic) bond motifs is 3. The van der Waals surface area contributed by atoms with Crippen LogP contribution in [0.3, 0.4) is 0 Å². The molecule has 0 spiro atoms. The van der Waals surface area contributed by atoms with Crippen molar-refractivity contribution >= 4 is 27.5 Å². The number of non-ortho nitro benzene ring substituents is 1. The van der Waals surface area contributed by atoms with Gasteiger partial charge in [-0.15, -0.1) is 0 Å². The number of rotatable bonds is 3. The first-order valence-electron chi connectivity index (χ1n) is 7.64. The Morgan fingerprint density at radius 1 is 1.04 bits per heavy atom. The van der Waals surface area contributed by atoms with E-state index in [1.807, 2.05) is 30.3 Å². The fourth-order valence-corrected chi connectivity index (χ4v) is 2.89. The summed E-state index contributed by atoms with van der Waals surface area (Å²) < 4.78 is 5.34. The Morgan fingerprint density at radius 2 is 1.84 bits per heavy atom. The lowest BCUT2D eigenvalue weighted by molar-refractivity contribution is -0.384. The van der Waals surface area contributed by atoms with Crippen molar-refractivity contribution in [2.75, 3.05) is 7.11 Å². The molecular formula is C19H13N3O3. The second kappa shape index (κ2) is 5.83. The summed E-state index contributed by atoms with van der Waals surface area (Å²) in [5.41, 5.74) is 3.17. The van der Waals surface area contributed by atoms with E-state index in [1.165, 1.54) is 12.1 Å². The van der Waals surface area contributed by atoms with Gasteiger partial charge in [0.1, 0.15) is 5.75 Å². The van der Waals surface area contributed by atoms with Gasteiger partial charge in [0, 0.05) is 34.7 Å². The molecule has 0 fully saturated rings. The molecule has 4 aromatic rings. The van der Waals surface area contributed by atoms with Crippen LogP contribution >= 0.6 is 0 Å². The fraction of sp³-hybridized carbons (Fsp3) is 0.0526. The van der Waals surface area contributed by atoms with E-state index in [2.05, 4.69) is 4.98 Å². The van der Waals surface area contributed by atoms with E-state index in [9.17, 15) is 10.1 Å². The molecule has 0 aliphatic carbocycles. The number of benzene rings is 2. The van der Waals surface area contributed by atoms with E-state index >= 15 is 0 Å². The third-order valence-electron chi connectivity index (χ3n) is 4.11. The molecule has 0 aliphatic rings. The van der Waals surface area contributed by atoms with Gasteiger partial charge in [-0.05, 0) is 42.5 Å². The summed E-state index contributed by atoms with van der Waals surface area (Å²) in [6, 6.07) is 15.9. The Balaban J connectivity index is 2.04. The van der Waals surface area contributed by atoms with Crippen LogP contribution in [-0.4, -0.2) is 22.0 Å². The average molecular weight is 331 g/mol. The molecule has 0 aliphatic heterocycles. The van der Waals surface area contributed by atoms with Crippen LogP contribution in [0.2, 0.25) is 0 Å². The molecule has 0 N–H and O–H groups in total. The van der Waals surface area contributed by atoms with Crippen LogP contribution in [-0.2, 0) is 0 Å². The van der Waals surface area contributed by atoms with Gasteiger partial charge in [-0.3, -0.25) is 15.1 Å². The summed E-state index contributed by atoms with van der Waals surface area (Å²) in [4.78, 5) is 19.7. The third kappa shape index (κ3) is 2.53. The van der Waals surface area contributed by atoms with Crippen molar-refractivity contribution in [3.05, 3.63) is 70.9 Å². The van der Waals surface area contributed by atoms with Crippen LogP contribution in [0.5, 0.6) is 5.75 Å². The Kier molecular flexibility index (Phi) is 3.50. The lowest BCUT2D eigenvalue weighted by Gasteiger charge is -2.10. The summed E-state index contributed by atoms with van der Waals surface area (Å²) in [6.45, 7) is 0. The van der Waals surface area contributed by atoms with Crippen molar-refractivity contribution in [3.8, 4) is 17.0 Å². The van der Waals surface area contributed by atoms with Gasteiger partial charge in [0.15, 0.2) is 0 Å². The molecule has 4 rings (SSSR count). The number of aromatic nitrogens is 2. The minimum Gasteiger partial charge on any atom is -0.497 e. The standard InChI is InChI=1S/C19H13N3O3/c1-25-14-8-9-15-16(11-14)18(21-17-3-2-10-20-19(15)17)12-4-6-13(7-5-12)22(23)24/h2-11H,1H3. The van der Waals surface area contributed by atoms with Crippen molar-refractivity contribution in [1.82, 2.24) is 9.97 Å². The summed E-state index contributed by atoms with van der Waals surface area (Å²) in [5.74, 6) is 0.716. The van der Waals surface area contributed by atoms with Crippen LogP contribution in [0, 0.1) is 10.1 Å². The average Bonchev–Trinajstić information content (AvgIpc) is 2.67. The summed E-state index contributed by atoms with van der Waals surface area (Å²) in [6.07, 6.45) is 1.74. The van der Waals surface area contributed by atoms with Crippen LogP contribution < -0.4 is 4.74 Å². The predicted octanol–water partition coefficient (Wildman–Crippen LogP) is 4.37. The Hall–Kier alpha value is -3.54. The Bertz CT molecular complexity index is 1110. The summed E-state index contributed by atoms with van der Waals surface area (Å²) >= 11 is 0. The van der Waals surface area contributed by atoms with Crippen LogP contribution in [0.4, 0.5) is 5.69 Å². The molecule has 0 unspecified atom stereocenters. The number of pyridine rings is 2. The van der Waals surface area contributed by atoms with E-state index in [-0.39, 0.29) is 5.69 Å². The van der Waals surface area contributed by atoms with E-state index in [0.717, 1.165) is 33.1 Å². The van der Waals surface area contributed by atoms with Crippen LogP contribution in [0.15, 0.2) is 60.8 Å². The van der Waals surface area contributed by atoms with E-state index < -0.39 is 4.92 Å². The molecule has 0 saturated heterocycles. The normalized spacial score (nSPS) is 10.9. The van der Waals surface area contributed by atoms with Gasteiger partial charge in [-0.25, -0.2) is 4.98 Å². The van der Waals surface area contributed by atoms with Crippen LogP contribution in [0.25, 0.3) is 33.1 Å². The van der Waals surface area contributed by atoms with Gasteiger partial charge in [-0.2, -0.15) is 0 Å². The van der Waals surface area contributed by atoms with Gasteiger partial charge in [-0.1, -0.05) is 0 Å². The highest BCUT2D eigenvalue weighted by molar-refractivity contribution is 6.09. The molecule has 0 radical (unpaired) electrons. The maximum absolute atomic E-state index is 10.9. The van der Waals surface area contributed by atoms with E-state index in [0.29, 0.717) is 5.75 Å². The first kappa shape index (κ1) is 15.0. The van der Waals surface area contributed by atoms with Crippen molar-refractivity contribution in [2.45, 2.75) is 0 Å². The van der Waals surface area contributed by atoms with Gasteiger partial charge in [0.25, 0.3) is 5.69 Å². The maximum Gasteiger partial charge on any atom is 0.269 e. The molecule has 0 atom stereocenters. The number of nitro benzene ring substituents is 1. The van der Waals surface area contributed by atoms with Gasteiger partial charge < -0.3 is 4.74 Å². The highest BCUT2D eigenvalue weighted by Crippen LogP contribution is 2.34. The smallest absolute Gasteiger partial charge is 0.269 e. The predicted molar refractivity (Wildman–Crippen MR) is 95.7 cm³/mol. The van der Waals surface area contributed by atoms with Gasteiger partial charge in [0.05, 0.1) is 28.8 Å². The molecular weight excluding hydrogens is 318 g/mol. The first-order chi connectivity index (χ1) is 12.2. The van der Waals surface area contributed by atoms with E-state index in [1.54, 1.807) is 25.4 Å². The topological polar surface area (TPSA) is 78.2 Å². The largest absolute Gasteiger partial charge is 0.497 e. The van der Waals surface area contributed by atoms with Crippen molar-refractivity contribution < 1.29 is 9.66 Å². The number of hydrogen-bond acceptors (Lipinski definition) is 5. The minimum absolute atomic E-state index is 0.0492. The second-order valence-electron chi connectivity index (χ2n) is 5.55. The molecule has 2 heterocycles. The molecule has 122 valence electrons. The van der Waals surface area contributed by atoms with Crippen LogP contribution in [0.1, 0.15) is 0 Å². The monoisotopic (exact) mass is 331 g/mol. The summed E-state index contributed by atoms with van der Waals surface area (Å²) in [7, 11) is 1.61. The Morgan fingerprint density at radius 3 is 2.56 bits per heavy atom. The summed E-state index contributed by atoms with van der Waals surface area (Å²) in [5, 5.41) is 12.7. The highest BCUT2D eigenvalue weighted by atomic mass is 16.6. The molecule has 0 amide bonds. The SMILES string of the molecule is COc1ccc2c(c1)c(-c1ccc([N+](=O)[O-])cc1)nc1cccnc12. The fourth-order valence-electron chi connectivity index (χ4n) is 2.89. The maximum atomic E-state index is 10.9. The molecule has 2 aromatic carbocycles. The zero-order chi connectivity index (χ0) is 17.4. The zero-order valence-electron chi connectivity index (χ0n) is 13.3. The molecule has 0 bridgehead atoms. The number of hydrogen-bond donors (Lipinski definition) is 0. The Labute approximate surface area is 142 Å². The first-order valence-corrected chi connectivity index (χ1v) is 7.64. The van der Waals surface area contributed by atoms with Gasteiger partial charge in [0.2, 0.25) is 0 Å². The molecule has 6 nitrogen and oxygen atoms in total. The number of nitrogens with zero attached hydrogens (tertiary/aromatic N) is 3. The highest BCUT2D eigenvalue weighted by Gasteiger charge is 2.13. The second-order valence-corrected chi connectivity index (χ2v) is 5.55. The van der Waals surface area contributed by atoms with Crippen molar-refractivity contribution in [3.63, 3.8) is 0 Å².